The Hall–Kier alpha value is -1.28. The maximum atomic E-state index is 12.1. The third-order valence-corrected chi connectivity index (χ3v) is 19.2. The molecule has 0 aromatic carbocycles. The van der Waals surface area contributed by atoms with Crippen LogP contribution in [0.2, 0.25) is 0 Å². The molecule has 67 heavy (non-hydrogen) atoms. The zero-order valence-corrected chi connectivity index (χ0v) is 39.6. The van der Waals surface area contributed by atoms with Gasteiger partial charge in [0.15, 0.2) is 18.9 Å². The molecule has 3 aliphatic heterocycles. The minimum atomic E-state index is -1.91. The molecule has 25 unspecified atom stereocenters. The summed E-state index contributed by atoms with van der Waals surface area (Å²) in [5, 5.41) is 142. The first-order valence-corrected chi connectivity index (χ1v) is 24.3. The van der Waals surface area contributed by atoms with E-state index in [1.165, 1.54) is 6.92 Å². The summed E-state index contributed by atoms with van der Waals surface area (Å²) in [6.45, 7) is 10.5. The summed E-state index contributed by atoms with van der Waals surface area (Å²) in [6, 6.07) is 0. The van der Waals surface area contributed by atoms with Crippen molar-refractivity contribution in [1.82, 2.24) is 0 Å². The van der Waals surface area contributed by atoms with E-state index in [0.717, 1.165) is 17.6 Å². The van der Waals surface area contributed by atoms with Gasteiger partial charge in [-0.1, -0.05) is 52.3 Å². The Kier molecular flexibility index (Phi) is 14.5. The molecule has 0 aromatic heterocycles. The predicted molar refractivity (Wildman–Crippen MR) is 233 cm³/mol. The molecule has 5 aliphatic carbocycles. The van der Waals surface area contributed by atoms with Gasteiger partial charge in [-0.3, -0.25) is 0 Å². The maximum absolute atomic E-state index is 12.1. The van der Waals surface area contributed by atoms with E-state index in [1.807, 2.05) is 6.92 Å². The fourth-order valence-electron chi connectivity index (χ4n) is 14.6. The molecule has 0 amide bonds. The van der Waals surface area contributed by atoms with E-state index in [0.29, 0.717) is 44.9 Å². The molecule has 3 heterocycles. The van der Waals surface area contributed by atoms with Crippen molar-refractivity contribution in [3.63, 3.8) is 0 Å². The summed E-state index contributed by atoms with van der Waals surface area (Å²) in [7, 11) is 0. The van der Waals surface area contributed by atoms with Gasteiger partial charge in [-0.2, -0.15) is 0 Å². The Labute approximate surface area is 391 Å². The second-order valence-electron chi connectivity index (χ2n) is 22.9. The second-order valence-corrected chi connectivity index (χ2v) is 22.9. The minimum absolute atomic E-state index is 0.0135. The van der Waals surface area contributed by atoms with Gasteiger partial charge in [0.25, 0.3) is 0 Å². The molecule has 19 nitrogen and oxygen atoms in total. The molecule has 0 radical (unpaired) electrons. The highest BCUT2D eigenvalue weighted by atomic mass is 16.8. The third-order valence-electron chi connectivity index (χ3n) is 19.2. The van der Waals surface area contributed by atoms with Crippen LogP contribution in [0.4, 0.5) is 0 Å². The van der Waals surface area contributed by atoms with Gasteiger partial charge < -0.3 is 94.8 Å². The zero-order chi connectivity index (χ0) is 49.0. The molecule has 3 saturated heterocycles. The highest BCUT2D eigenvalue weighted by Gasteiger charge is 2.69. The largest absolute Gasteiger partial charge is 0.396 e. The number of rotatable bonds is 11. The molecule has 6 fully saturated rings. The van der Waals surface area contributed by atoms with Crippen molar-refractivity contribution in [2.45, 2.75) is 197 Å². The average Bonchev–Trinajstić information content (AvgIpc) is 3.30. The number of ether oxygens (including phenoxy) is 6. The van der Waals surface area contributed by atoms with Crippen LogP contribution >= 0.6 is 0 Å². The van der Waals surface area contributed by atoms with Gasteiger partial charge in [0.2, 0.25) is 0 Å². The summed E-state index contributed by atoms with van der Waals surface area (Å²) in [4.78, 5) is 0. The normalized spacial score (nSPS) is 55.6. The Morgan fingerprint density at radius 1 is 0.612 bits per heavy atom. The first-order valence-electron chi connectivity index (χ1n) is 24.3. The summed E-state index contributed by atoms with van der Waals surface area (Å²) < 4.78 is 36.1. The van der Waals surface area contributed by atoms with Crippen LogP contribution in [0.3, 0.4) is 0 Å². The molecule has 25 atom stereocenters. The number of fused-ring (bicyclic) bond motifs is 6. The van der Waals surface area contributed by atoms with Gasteiger partial charge in [0.1, 0.15) is 67.1 Å². The van der Waals surface area contributed by atoms with Crippen molar-refractivity contribution in [2.24, 2.45) is 44.3 Å². The Morgan fingerprint density at radius 2 is 1.24 bits per heavy atom. The lowest BCUT2D eigenvalue weighted by atomic mass is 9.35. The van der Waals surface area contributed by atoms with E-state index < -0.39 is 134 Å². The van der Waals surface area contributed by atoms with Crippen molar-refractivity contribution in [3.8, 4) is 0 Å². The molecule has 13 N–H and O–H groups in total. The maximum Gasteiger partial charge on any atom is 0.187 e. The quantitative estimate of drug-likeness (QED) is 0.105. The van der Waals surface area contributed by atoms with Gasteiger partial charge >= 0.3 is 0 Å². The van der Waals surface area contributed by atoms with Crippen LogP contribution in [-0.2, 0) is 28.4 Å². The van der Waals surface area contributed by atoms with E-state index >= 15 is 0 Å². The fourth-order valence-corrected chi connectivity index (χ4v) is 14.6. The van der Waals surface area contributed by atoms with Crippen LogP contribution in [0, 0.1) is 44.3 Å². The van der Waals surface area contributed by atoms with Crippen molar-refractivity contribution < 1.29 is 94.8 Å². The highest BCUT2D eigenvalue weighted by molar-refractivity contribution is 5.47. The van der Waals surface area contributed by atoms with Crippen molar-refractivity contribution in [2.75, 3.05) is 33.0 Å². The van der Waals surface area contributed by atoms with E-state index in [9.17, 15) is 66.4 Å². The monoisotopic (exact) mass is 959 g/mol. The third kappa shape index (κ3) is 7.97. The number of hydrogen-bond acceptors (Lipinski definition) is 19. The van der Waals surface area contributed by atoms with Gasteiger partial charge in [-0.15, -0.1) is 0 Å². The van der Waals surface area contributed by atoms with Crippen LogP contribution in [0.5, 0.6) is 0 Å². The van der Waals surface area contributed by atoms with Gasteiger partial charge in [0, 0.05) is 22.9 Å². The smallest absolute Gasteiger partial charge is 0.187 e. The van der Waals surface area contributed by atoms with Gasteiger partial charge in [0.05, 0.1) is 44.7 Å². The molecule has 19 heteroatoms. The Bertz CT molecular complexity index is 1840. The molecular formula is C48H78O19. The molecule has 3 saturated carbocycles. The van der Waals surface area contributed by atoms with Crippen molar-refractivity contribution in [3.05, 3.63) is 23.3 Å². The Morgan fingerprint density at radius 3 is 1.87 bits per heavy atom. The summed E-state index contributed by atoms with van der Waals surface area (Å²) in [5.41, 5.74) is -0.899. The van der Waals surface area contributed by atoms with E-state index in [-0.39, 0.29) is 47.9 Å². The topological polar surface area (TPSA) is 318 Å². The predicted octanol–water partition coefficient (Wildman–Crippen LogP) is -1.52. The minimum Gasteiger partial charge on any atom is -0.396 e. The molecule has 8 aliphatic rings. The average molecular weight is 959 g/mol. The fraction of sp³-hybridized carbons (Fsp3) is 0.917. The highest BCUT2D eigenvalue weighted by Crippen LogP contribution is 2.74. The summed E-state index contributed by atoms with van der Waals surface area (Å²) >= 11 is 0. The second kappa shape index (κ2) is 18.6. The van der Waals surface area contributed by atoms with Gasteiger partial charge in [-0.25, -0.2) is 0 Å². The van der Waals surface area contributed by atoms with Crippen LogP contribution in [0.15, 0.2) is 23.3 Å². The SMILES string of the molecule is CC1OC(OC2CCC3(C)C(CCC4(C)C3C=CC3=C5CC(C)(CO)CCC5(CO)C(O)CC34C)C2(C)CO)C(O)C(OC2OC(CO)C(O)C(O)C2OC2OC(CO)C(O)C(O)C2O)C1O. The van der Waals surface area contributed by atoms with Crippen molar-refractivity contribution in [1.29, 1.82) is 0 Å². The summed E-state index contributed by atoms with van der Waals surface area (Å²) in [5.74, 6) is -0.0620. The van der Waals surface area contributed by atoms with E-state index in [1.54, 1.807) is 0 Å². The number of aliphatic hydroxyl groups excluding tert-OH is 13. The first kappa shape index (κ1) is 52.1. The molecular weight excluding hydrogens is 881 g/mol. The van der Waals surface area contributed by atoms with Crippen LogP contribution < -0.4 is 0 Å². The molecule has 384 valence electrons. The first-order chi connectivity index (χ1) is 31.5. The number of allylic oxidation sites excluding steroid dienone is 3. The molecule has 8 rings (SSSR count). The lowest BCUT2D eigenvalue weighted by Gasteiger charge is -2.70. The van der Waals surface area contributed by atoms with E-state index in [2.05, 4.69) is 39.8 Å². The van der Waals surface area contributed by atoms with Gasteiger partial charge in [-0.05, 0) is 91.9 Å². The van der Waals surface area contributed by atoms with Crippen LogP contribution in [-0.4, -0.2) is 204 Å². The summed E-state index contributed by atoms with van der Waals surface area (Å²) in [6.07, 6.45) is -16.5. The van der Waals surface area contributed by atoms with E-state index in [4.69, 9.17) is 28.4 Å². The lowest BCUT2D eigenvalue weighted by molar-refractivity contribution is -0.391. The Balaban J connectivity index is 1.04. The lowest BCUT2D eigenvalue weighted by Crippen LogP contribution is -2.67. The van der Waals surface area contributed by atoms with Crippen molar-refractivity contribution >= 4 is 0 Å². The van der Waals surface area contributed by atoms with Crippen LogP contribution in [0.25, 0.3) is 0 Å². The van der Waals surface area contributed by atoms with Crippen LogP contribution in [0.1, 0.15) is 92.9 Å². The molecule has 0 bridgehead atoms. The zero-order valence-electron chi connectivity index (χ0n) is 39.6. The molecule has 0 aromatic rings. The molecule has 0 spiro atoms. The number of hydrogen-bond donors (Lipinski definition) is 13. The number of aliphatic hydroxyl groups is 13. The standard InChI is InChI=1S/C48H78O19/c1-22-31(55)38(66-42-39(35(59)33(57)26(18-50)64-42)67-40-36(60)34(58)32(56)25(17-49)63-40)37(61)41(62-22)65-30-10-11-44(3)27(45(30,4)20-52)9-12-46(5)28(44)8-7-23-24-15-43(2,19-51)13-14-48(24,21-53)29(54)16-47(23,46)6/h7-8,22,25-42,49-61H,9-21H2,1-6H3.